The molecule has 4 rings (SSSR count). The average Bonchev–Trinajstić information content (AvgIpc) is 3.19. The molecule has 3 aromatic rings. The summed E-state index contributed by atoms with van der Waals surface area (Å²) in [5.74, 6) is -0.573. The van der Waals surface area contributed by atoms with Crippen LogP contribution in [0.5, 0.6) is 0 Å². The first kappa shape index (κ1) is 24.1. The number of thiophene rings is 1. The van der Waals surface area contributed by atoms with Crippen molar-refractivity contribution in [3.63, 3.8) is 0 Å². The summed E-state index contributed by atoms with van der Waals surface area (Å²) in [6.07, 6.45) is 3.07. The van der Waals surface area contributed by atoms with Gasteiger partial charge in [0.2, 0.25) is 10.0 Å². The zero-order chi connectivity index (χ0) is 24.5. The molecule has 1 aliphatic heterocycles. The third kappa shape index (κ3) is 4.75. The summed E-state index contributed by atoms with van der Waals surface area (Å²) >= 11 is 1.46. The Balaban J connectivity index is 1.50. The van der Waals surface area contributed by atoms with E-state index in [1.807, 2.05) is 26.8 Å². The van der Waals surface area contributed by atoms with Crippen molar-refractivity contribution in [1.82, 2.24) is 14.2 Å². The maximum atomic E-state index is 13.4. The number of aromatic nitrogens is 1. The van der Waals surface area contributed by atoms with E-state index in [-0.39, 0.29) is 38.0 Å². The zero-order valence-corrected chi connectivity index (χ0v) is 20.9. The number of hydrogen-bond acceptors (Lipinski definition) is 6. The number of piperazine rings is 1. The molecule has 0 spiro atoms. The number of pyridine rings is 1. The van der Waals surface area contributed by atoms with Crippen LogP contribution in [0.1, 0.15) is 36.0 Å². The highest BCUT2D eigenvalue weighted by Crippen LogP contribution is 2.29. The number of nitrogens with zero attached hydrogens (tertiary/aromatic N) is 3. The smallest absolute Gasteiger partial charge is 0.256 e. The molecule has 1 aliphatic rings. The van der Waals surface area contributed by atoms with E-state index < -0.39 is 10.0 Å². The predicted molar refractivity (Wildman–Crippen MR) is 132 cm³/mol. The van der Waals surface area contributed by atoms with Crippen LogP contribution in [-0.4, -0.2) is 60.6 Å². The third-order valence-electron chi connectivity index (χ3n) is 5.82. The summed E-state index contributed by atoms with van der Waals surface area (Å²) in [5, 5.41) is 2.86. The molecule has 0 radical (unpaired) electrons. The number of aryl methyl sites for hydroxylation is 3. The van der Waals surface area contributed by atoms with Crippen molar-refractivity contribution in [2.24, 2.45) is 0 Å². The number of hydrogen-bond donors (Lipinski definition) is 1. The van der Waals surface area contributed by atoms with Crippen LogP contribution in [0, 0.1) is 20.8 Å². The minimum absolute atomic E-state index is 0.215. The summed E-state index contributed by atoms with van der Waals surface area (Å²) < 4.78 is 27.6. The van der Waals surface area contributed by atoms with E-state index in [0.29, 0.717) is 21.7 Å². The van der Waals surface area contributed by atoms with Crippen molar-refractivity contribution >= 4 is 38.9 Å². The number of carbonyl (C=O) groups is 2. The minimum atomic E-state index is -3.60. The highest BCUT2D eigenvalue weighted by Gasteiger charge is 2.32. The number of benzene rings is 1. The summed E-state index contributed by atoms with van der Waals surface area (Å²) in [4.78, 5) is 33.7. The second kappa shape index (κ2) is 9.65. The molecule has 1 N–H and O–H groups in total. The quantitative estimate of drug-likeness (QED) is 0.581. The van der Waals surface area contributed by atoms with Crippen LogP contribution in [0.25, 0.3) is 0 Å². The highest BCUT2D eigenvalue weighted by molar-refractivity contribution is 7.89. The van der Waals surface area contributed by atoms with Crippen molar-refractivity contribution in [2.45, 2.75) is 25.7 Å². The number of sulfonamides is 1. The Labute approximate surface area is 203 Å². The molecule has 2 amide bonds. The van der Waals surface area contributed by atoms with Crippen molar-refractivity contribution in [3.8, 4) is 0 Å². The Morgan fingerprint density at radius 2 is 1.68 bits per heavy atom. The number of carbonyl (C=O) groups excluding carboxylic acids is 2. The van der Waals surface area contributed by atoms with Gasteiger partial charge in [-0.05, 0) is 50.6 Å². The van der Waals surface area contributed by atoms with Crippen molar-refractivity contribution in [1.29, 1.82) is 0 Å². The molecule has 0 aliphatic carbocycles. The monoisotopic (exact) mass is 498 g/mol. The van der Waals surface area contributed by atoms with Crippen LogP contribution < -0.4 is 5.32 Å². The van der Waals surface area contributed by atoms with Gasteiger partial charge in [0.15, 0.2) is 0 Å². The number of amides is 2. The predicted octanol–water partition coefficient (Wildman–Crippen LogP) is 3.47. The molecule has 3 heterocycles. The lowest BCUT2D eigenvalue weighted by molar-refractivity contribution is 0.0699. The molecule has 0 bridgehead atoms. The van der Waals surface area contributed by atoms with Gasteiger partial charge in [-0.25, -0.2) is 8.42 Å². The van der Waals surface area contributed by atoms with E-state index >= 15 is 0 Å². The largest absolute Gasteiger partial charge is 0.336 e. The van der Waals surface area contributed by atoms with E-state index in [1.165, 1.54) is 28.0 Å². The minimum Gasteiger partial charge on any atom is -0.336 e. The molecular weight excluding hydrogens is 472 g/mol. The molecule has 0 unspecified atom stereocenters. The van der Waals surface area contributed by atoms with Gasteiger partial charge < -0.3 is 10.2 Å². The lowest BCUT2D eigenvalue weighted by Crippen LogP contribution is -2.50. The first-order valence-electron chi connectivity index (χ1n) is 10.9. The van der Waals surface area contributed by atoms with Gasteiger partial charge >= 0.3 is 0 Å². The zero-order valence-electron chi connectivity index (χ0n) is 19.2. The number of rotatable bonds is 5. The van der Waals surface area contributed by atoms with Gasteiger partial charge in [-0.2, -0.15) is 4.31 Å². The Morgan fingerprint density at radius 3 is 2.29 bits per heavy atom. The Kier molecular flexibility index (Phi) is 6.83. The van der Waals surface area contributed by atoms with E-state index in [4.69, 9.17) is 0 Å². The molecule has 34 heavy (non-hydrogen) atoms. The second-order valence-electron chi connectivity index (χ2n) is 8.16. The molecule has 1 saturated heterocycles. The van der Waals surface area contributed by atoms with Crippen molar-refractivity contribution in [3.05, 3.63) is 75.2 Å². The van der Waals surface area contributed by atoms with Crippen LogP contribution in [0.4, 0.5) is 5.69 Å². The lowest BCUT2D eigenvalue weighted by atomic mass is 10.1. The first-order valence-corrected chi connectivity index (χ1v) is 13.1. The maximum absolute atomic E-state index is 13.4. The molecule has 0 saturated carbocycles. The molecule has 8 nitrogen and oxygen atoms in total. The van der Waals surface area contributed by atoms with E-state index in [1.54, 1.807) is 35.2 Å². The van der Waals surface area contributed by atoms with Gasteiger partial charge in [-0.15, -0.1) is 11.3 Å². The number of anilines is 1. The fourth-order valence-corrected chi connectivity index (χ4v) is 6.95. The third-order valence-corrected chi connectivity index (χ3v) is 8.94. The fourth-order valence-electron chi connectivity index (χ4n) is 4.01. The molecular formula is C24H26N4O4S2. The Bertz CT molecular complexity index is 1330. The van der Waals surface area contributed by atoms with Crippen LogP contribution >= 0.6 is 11.3 Å². The maximum Gasteiger partial charge on any atom is 0.256 e. The summed E-state index contributed by atoms with van der Waals surface area (Å²) in [7, 11) is -3.60. The van der Waals surface area contributed by atoms with Gasteiger partial charge in [-0.3, -0.25) is 14.6 Å². The molecule has 10 heteroatoms. The molecule has 1 aromatic carbocycles. The van der Waals surface area contributed by atoms with Crippen molar-refractivity contribution < 1.29 is 18.0 Å². The van der Waals surface area contributed by atoms with Gasteiger partial charge in [0.05, 0.1) is 16.1 Å². The van der Waals surface area contributed by atoms with Gasteiger partial charge in [0, 0.05) is 53.9 Å². The molecule has 178 valence electrons. The fraction of sp³-hybridized carbons (Fsp3) is 0.292. The van der Waals surface area contributed by atoms with E-state index in [9.17, 15) is 18.0 Å². The van der Waals surface area contributed by atoms with Gasteiger partial charge in [-0.1, -0.05) is 12.1 Å². The van der Waals surface area contributed by atoms with Gasteiger partial charge in [0.1, 0.15) is 0 Å². The second-order valence-corrected chi connectivity index (χ2v) is 11.5. The Hall–Kier alpha value is -3.08. The average molecular weight is 499 g/mol. The summed E-state index contributed by atoms with van der Waals surface area (Å²) in [5.41, 5.74) is 2.03. The SMILES string of the molecule is Cc1cc(S(=O)(=O)N2CCN(C(=O)c3cccc(C)c3NC(=O)c3ccncc3)CC2)c(C)s1. The summed E-state index contributed by atoms with van der Waals surface area (Å²) in [6.45, 7) is 6.50. The van der Waals surface area contributed by atoms with Crippen molar-refractivity contribution in [2.75, 3.05) is 31.5 Å². The number of nitrogens with one attached hydrogen (secondary N) is 1. The van der Waals surface area contributed by atoms with E-state index in [0.717, 1.165) is 15.3 Å². The van der Waals surface area contributed by atoms with Crippen LogP contribution in [0.3, 0.4) is 0 Å². The Morgan fingerprint density at radius 1 is 1.00 bits per heavy atom. The highest BCUT2D eigenvalue weighted by atomic mass is 32.2. The molecule has 0 atom stereocenters. The lowest BCUT2D eigenvalue weighted by Gasteiger charge is -2.34. The van der Waals surface area contributed by atoms with Crippen LogP contribution in [0.15, 0.2) is 53.7 Å². The van der Waals surface area contributed by atoms with Crippen LogP contribution in [0.2, 0.25) is 0 Å². The van der Waals surface area contributed by atoms with Gasteiger partial charge in [0.25, 0.3) is 11.8 Å². The number of para-hydroxylation sites is 1. The van der Waals surface area contributed by atoms with Crippen LogP contribution in [-0.2, 0) is 10.0 Å². The standard InChI is InChI=1S/C24H26N4O4S2/c1-16-5-4-6-20(22(16)26-23(29)19-7-9-25-10-8-19)24(30)27-11-13-28(14-12-27)34(31,32)21-15-17(2)33-18(21)3/h4-10,15H,11-14H2,1-3H3,(H,26,29). The summed E-state index contributed by atoms with van der Waals surface area (Å²) in [6, 6.07) is 10.2. The first-order chi connectivity index (χ1) is 16.2. The topological polar surface area (TPSA) is 99.7 Å². The normalized spacial score (nSPS) is 14.7. The van der Waals surface area contributed by atoms with E-state index in [2.05, 4.69) is 10.3 Å². The molecule has 1 fully saturated rings. The molecule has 2 aromatic heterocycles.